The van der Waals surface area contributed by atoms with Gasteiger partial charge >= 0.3 is 0 Å². The molecule has 9 heteroatoms. The summed E-state index contributed by atoms with van der Waals surface area (Å²) in [7, 11) is -3.63. The molecule has 0 saturated carbocycles. The van der Waals surface area contributed by atoms with Crippen LogP contribution in [-0.2, 0) is 21.2 Å². The number of carbonyl (C=O) groups is 1. The standard InChI is InChI=1S/C18H17Cl2N3O3S/c1-11(18(24)21-9-8-12-6-7-13(19)10-15(12)20)22-17-14-4-2-3-5-16(14)27(25,26)23-17/h2-7,10-11H,8-9H2,1H3,(H,21,24)(H,22,23)/t11-/m1/s1. The molecule has 142 valence electrons. The van der Waals surface area contributed by atoms with E-state index in [0.717, 1.165) is 5.56 Å². The topological polar surface area (TPSA) is 87.6 Å². The zero-order chi connectivity index (χ0) is 19.6. The number of nitrogens with zero attached hydrogens (tertiary/aromatic N) is 1. The Kier molecular flexibility index (Phi) is 5.74. The molecule has 1 aliphatic rings. The predicted molar refractivity (Wildman–Crippen MR) is 106 cm³/mol. The van der Waals surface area contributed by atoms with Crippen LogP contribution in [0.2, 0.25) is 10.0 Å². The van der Waals surface area contributed by atoms with Gasteiger partial charge in [0.1, 0.15) is 11.9 Å². The van der Waals surface area contributed by atoms with Gasteiger partial charge < -0.3 is 5.32 Å². The number of rotatable bonds is 5. The normalized spacial score (nSPS) is 17.2. The molecule has 1 atom stereocenters. The molecule has 0 aromatic heterocycles. The first-order chi connectivity index (χ1) is 12.8. The van der Waals surface area contributed by atoms with Crippen LogP contribution in [0.25, 0.3) is 0 Å². The Morgan fingerprint density at radius 2 is 1.96 bits per heavy atom. The summed E-state index contributed by atoms with van der Waals surface area (Å²) in [6.45, 7) is 1.98. The molecule has 1 heterocycles. The quantitative estimate of drug-likeness (QED) is 0.771. The van der Waals surface area contributed by atoms with Gasteiger partial charge in [0.2, 0.25) is 5.91 Å². The number of carbonyl (C=O) groups excluding carboxylic acids is 1. The van der Waals surface area contributed by atoms with Gasteiger partial charge in [-0.3, -0.25) is 14.5 Å². The van der Waals surface area contributed by atoms with Gasteiger partial charge in [0.05, 0.1) is 4.90 Å². The maximum atomic E-state index is 12.3. The number of sulfonamides is 1. The number of amides is 1. The SMILES string of the molecule is C[C@@H](N=C1NS(=O)(=O)c2ccccc21)C(=O)NCCc1ccc(Cl)cc1Cl. The van der Waals surface area contributed by atoms with Crippen LogP contribution in [0.5, 0.6) is 0 Å². The Morgan fingerprint density at radius 3 is 2.70 bits per heavy atom. The molecule has 0 spiro atoms. The summed E-state index contributed by atoms with van der Waals surface area (Å²) in [5.74, 6) is -0.134. The summed E-state index contributed by atoms with van der Waals surface area (Å²) in [6, 6.07) is 11.0. The van der Waals surface area contributed by atoms with E-state index in [4.69, 9.17) is 23.2 Å². The highest BCUT2D eigenvalue weighted by molar-refractivity contribution is 7.90. The Balaban J connectivity index is 1.64. The summed E-state index contributed by atoms with van der Waals surface area (Å²) in [6.07, 6.45) is 0.542. The van der Waals surface area contributed by atoms with E-state index < -0.39 is 16.1 Å². The maximum Gasteiger partial charge on any atom is 0.263 e. The van der Waals surface area contributed by atoms with E-state index in [1.54, 1.807) is 37.3 Å². The molecule has 0 radical (unpaired) electrons. The third-order valence-corrected chi connectivity index (χ3v) is 6.06. The first-order valence-electron chi connectivity index (χ1n) is 8.19. The molecule has 0 unspecified atom stereocenters. The van der Waals surface area contributed by atoms with Crippen LogP contribution >= 0.6 is 23.2 Å². The third kappa shape index (κ3) is 4.43. The zero-order valence-electron chi connectivity index (χ0n) is 14.4. The van der Waals surface area contributed by atoms with E-state index in [0.29, 0.717) is 28.6 Å². The lowest BCUT2D eigenvalue weighted by Crippen LogP contribution is -2.35. The van der Waals surface area contributed by atoms with Crippen LogP contribution in [0.4, 0.5) is 0 Å². The summed E-state index contributed by atoms with van der Waals surface area (Å²) in [4.78, 5) is 16.7. The van der Waals surface area contributed by atoms with Crippen molar-refractivity contribution in [3.8, 4) is 0 Å². The molecular weight excluding hydrogens is 409 g/mol. The van der Waals surface area contributed by atoms with Gasteiger partial charge in [-0.05, 0) is 43.2 Å². The highest BCUT2D eigenvalue weighted by Crippen LogP contribution is 2.23. The fourth-order valence-electron chi connectivity index (χ4n) is 2.67. The number of fused-ring (bicyclic) bond motifs is 1. The van der Waals surface area contributed by atoms with Crippen LogP contribution in [0.1, 0.15) is 18.1 Å². The molecule has 0 saturated heterocycles. The molecule has 2 aromatic rings. The van der Waals surface area contributed by atoms with E-state index in [2.05, 4.69) is 15.0 Å². The molecule has 2 N–H and O–H groups in total. The number of nitrogens with one attached hydrogen (secondary N) is 2. The lowest BCUT2D eigenvalue weighted by molar-refractivity contribution is -0.121. The minimum atomic E-state index is -3.63. The number of hydrogen-bond donors (Lipinski definition) is 2. The Hall–Kier alpha value is -2.09. The van der Waals surface area contributed by atoms with Crippen molar-refractivity contribution in [3.63, 3.8) is 0 Å². The van der Waals surface area contributed by atoms with Crippen molar-refractivity contribution in [2.75, 3.05) is 6.54 Å². The molecule has 1 amide bonds. The molecular formula is C18H17Cl2N3O3S. The van der Waals surface area contributed by atoms with Gasteiger partial charge in [-0.2, -0.15) is 0 Å². The number of benzene rings is 2. The predicted octanol–water partition coefficient (Wildman–Crippen LogP) is 2.78. The second-order valence-corrected chi connectivity index (χ2v) is 8.53. The largest absolute Gasteiger partial charge is 0.354 e. The number of hydrogen-bond acceptors (Lipinski definition) is 4. The molecule has 27 heavy (non-hydrogen) atoms. The van der Waals surface area contributed by atoms with Crippen molar-refractivity contribution in [1.82, 2.24) is 10.0 Å². The average molecular weight is 426 g/mol. The van der Waals surface area contributed by atoms with Gasteiger partial charge in [0.15, 0.2) is 0 Å². The minimum Gasteiger partial charge on any atom is -0.354 e. The number of halogens is 2. The van der Waals surface area contributed by atoms with E-state index in [-0.39, 0.29) is 16.6 Å². The van der Waals surface area contributed by atoms with Gasteiger partial charge in [-0.15, -0.1) is 0 Å². The van der Waals surface area contributed by atoms with Crippen molar-refractivity contribution < 1.29 is 13.2 Å². The highest BCUT2D eigenvalue weighted by atomic mass is 35.5. The fourth-order valence-corrected chi connectivity index (χ4v) is 4.42. The zero-order valence-corrected chi connectivity index (χ0v) is 16.7. The molecule has 6 nitrogen and oxygen atoms in total. The van der Waals surface area contributed by atoms with Crippen molar-refractivity contribution in [2.45, 2.75) is 24.3 Å². The number of aliphatic imine (C=N–C) groups is 1. The van der Waals surface area contributed by atoms with E-state index in [1.807, 2.05) is 6.07 Å². The van der Waals surface area contributed by atoms with Crippen LogP contribution < -0.4 is 10.0 Å². The van der Waals surface area contributed by atoms with Gasteiger partial charge in [-0.25, -0.2) is 8.42 Å². The average Bonchev–Trinajstić information content (AvgIpc) is 2.87. The van der Waals surface area contributed by atoms with Crippen molar-refractivity contribution in [3.05, 3.63) is 63.6 Å². The van der Waals surface area contributed by atoms with Crippen molar-refractivity contribution in [2.24, 2.45) is 4.99 Å². The minimum absolute atomic E-state index is 0.161. The second kappa shape index (κ2) is 7.88. The maximum absolute atomic E-state index is 12.3. The summed E-state index contributed by atoms with van der Waals surface area (Å²) < 4.78 is 26.6. The van der Waals surface area contributed by atoms with Crippen LogP contribution in [0.15, 0.2) is 52.4 Å². The third-order valence-electron chi connectivity index (χ3n) is 4.07. The first kappa shape index (κ1) is 19.7. The van der Waals surface area contributed by atoms with Gasteiger partial charge in [-0.1, -0.05) is 41.4 Å². The Bertz CT molecular complexity index is 1020. The van der Waals surface area contributed by atoms with E-state index in [1.165, 1.54) is 6.07 Å². The van der Waals surface area contributed by atoms with Crippen molar-refractivity contribution in [1.29, 1.82) is 0 Å². The molecule has 3 rings (SSSR count). The molecule has 0 aliphatic carbocycles. The van der Waals surface area contributed by atoms with Crippen molar-refractivity contribution >= 4 is 45.0 Å². The first-order valence-corrected chi connectivity index (χ1v) is 10.4. The lowest BCUT2D eigenvalue weighted by Gasteiger charge is -2.10. The highest BCUT2D eigenvalue weighted by Gasteiger charge is 2.31. The Labute approximate surface area is 167 Å². The van der Waals surface area contributed by atoms with Gasteiger partial charge in [0.25, 0.3) is 10.0 Å². The molecule has 2 aromatic carbocycles. The van der Waals surface area contributed by atoms with Crippen LogP contribution in [-0.4, -0.2) is 32.7 Å². The molecule has 1 aliphatic heterocycles. The van der Waals surface area contributed by atoms with Crippen LogP contribution in [0.3, 0.4) is 0 Å². The Morgan fingerprint density at radius 1 is 1.22 bits per heavy atom. The summed E-state index contributed by atoms with van der Waals surface area (Å²) in [5, 5.41) is 3.87. The van der Waals surface area contributed by atoms with Gasteiger partial charge in [0, 0.05) is 22.2 Å². The smallest absolute Gasteiger partial charge is 0.263 e. The monoisotopic (exact) mass is 425 g/mol. The van der Waals surface area contributed by atoms with Crippen LogP contribution in [0, 0.1) is 0 Å². The molecule has 0 bridgehead atoms. The number of amidine groups is 1. The lowest BCUT2D eigenvalue weighted by atomic mass is 10.1. The second-order valence-electron chi connectivity index (χ2n) is 6.03. The van der Waals surface area contributed by atoms with E-state index in [9.17, 15) is 13.2 Å². The van der Waals surface area contributed by atoms with E-state index >= 15 is 0 Å². The fraction of sp³-hybridized carbons (Fsp3) is 0.222. The summed E-state index contributed by atoms with van der Waals surface area (Å²) >= 11 is 12.0. The molecule has 0 fully saturated rings. The summed E-state index contributed by atoms with van der Waals surface area (Å²) in [5.41, 5.74) is 1.34.